The van der Waals surface area contributed by atoms with Gasteiger partial charge in [0.25, 0.3) is 0 Å². The lowest BCUT2D eigenvalue weighted by Gasteiger charge is -2.26. The Balaban J connectivity index is 1.60. The first-order valence-electron chi connectivity index (χ1n) is 8.86. The Morgan fingerprint density at radius 2 is 2.10 bits per heavy atom. The highest BCUT2D eigenvalue weighted by molar-refractivity contribution is 5.00. The Hall–Kier alpha value is -0.900. The van der Waals surface area contributed by atoms with Gasteiger partial charge in [-0.25, -0.2) is 0 Å². The summed E-state index contributed by atoms with van der Waals surface area (Å²) in [7, 11) is 0. The molecule has 21 heavy (non-hydrogen) atoms. The van der Waals surface area contributed by atoms with Crippen molar-refractivity contribution in [3.05, 3.63) is 11.7 Å². The largest absolute Gasteiger partial charge is 0.339 e. The van der Waals surface area contributed by atoms with Gasteiger partial charge in [-0.2, -0.15) is 4.98 Å². The van der Waals surface area contributed by atoms with Crippen molar-refractivity contribution < 1.29 is 4.52 Å². The van der Waals surface area contributed by atoms with Crippen molar-refractivity contribution in [1.82, 2.24) is 15.5 Å². The molecule has 0 radical (unpaired) electrons. The van der Waals surface area contributed by atoms with E-state index in [0.29, 0.717) is 12.0 Å². The first-order valence-corrected chi connectivity index (χ1v) is 8.86. The number of nitrogens with one attached hydrogen (secondary N) is 1. The van der Waals surface area contributed by atoms with Crippen molar-refractivity contribution in [3.8, 4) is 0 Å². The van der Waals surface area contributed by atoms with E-state index in [4.69, 9.17) is 9.51 Å². The minimum absolute atomic E-state index is 0.526. The normalized spacial score (nSPS) is 27.7. The second kappa shape index (κ2) is 6.91. The van der Waals surface area contributed by atoms with Gasteiger partial charge >= 0.3 is 0 Å². The molecule has 2 fully saturated rings. The fourth-order valence-corrected chi connectivity index (χ4v) is 3.77. The van der Waals surface area contributed by atoms with Crippen molar-refractivity contribution in [2.45, 2.75) is 77.2 Å². The van der Waals surface area contributed by atoms with E-state index in [1.807, 2.05) is 0 Å². The minimum atomic E-state index is 0.526. The molecule has 4 heteroatoms. The molecule has 1 aromatic heterocycles. The topological polar surface area (TPSA) is 51.0 Å². The first kappa shape index (κ1) is 15.0. The Bertz CT molecular complexity index is 441. The Labute approximate surface area is 128 Å². The standard InChI is InChI=1S/C17H29N3O/c1-3-12-6-5-7-14(10-12)17-19-16(21-20-17)11-15(18-4-2)13-8-9-13/h12-15,18H,3-11H2,1-2H3. The lowest BCUT2D eigenvalue weighted by Crippen LogP contribution is -2.33. The summed E-state index contributed by atoms with van der Waals surface area (Å²) in [5.74, 6) is 4.00. The second-order valence-electron chi connectivity index (χ2n) is 6.89. The molecule has 118 valence electrons. The molecule has 3 unspecified atom stereocenters. The van der Waals surface area contributed by atoms with Crippen LogP contribution >= 0.6 is 0 Å². The van der Waals surface area contributed by atoms with Crippen molar-refractivity contribution >= 4 is 0 Å². The molecule has 0 aromatic carbocycles. The number of likely N-dealkylation sites (N-methyl/N-ethyl adjacent to an activating group) is 1. The van der Waals surface area contributed by atoms with E-state index in [-0.39, 0.29) is 0 Å². The highest BCUT2D eigenvalue weighted by atomic mass is 16.5. The molecule has 0 bridgehead atoms. The molecule has 2 saturated carbocycles. The van der Waals surface area contributed by atoms with Crippen LogP contribution in [0.2, 0.25) is 0 Å². The smallest absolute Gasteiger partial charge is 0.228 e. The molecule has 0 spiro atoms. The fourth-order valence-electron chi connectivity index (χ4n) is 3.77. The van der Waals surface area contributed by atoms with Crippen LogP contribution in [0.15, 0.2) is 4.52 Å². The van der Waals surface area contributed by atoms with Gasteiger partial charge < -0.3 is 9.84 Å². The van der Waals surface area contributed by atoms with E-state index in [9.17, 15) is 0 Å². The van der Waals surface area contributed by atoms with Gasteiger partial charge in [-0.1, -0.05) is 38.3 Å². The van der Waals surface area contributed by atoms with Crippen LogP contribution in [0, 0.1) is 11.8 Å². The van der Waals surface area contributed by atoms with Crippen LogP contribution < -0.4 is 5.32 Å². The number of nitrogens with zero attached hydrogens (tertiary/aromatic N) is 2. The maximum atomic E-state index is 5.54. The number of rotatable bonds is 7. The van der Waals surface area contributed by atoms with E-state index >= 15 is 0 Å². The quantitative estimate of drug-likeness (QED) is 0.832. The van der Waals surface area contributed by atoms with Crippen molar-refractivity contribution in [2.24, 2.45) is 11.8 Å². The van der Waals surface area contributed by atoms with Crippen molar-refractivity contribution in [3.63, 3.8) is 0 Å². The molecule has 0 amide bonds. The van der Waals surface area contributed by atoms with Gasteiger partial charge in [-0.05, 0) is 44.1 Å². The summed E-state index contributed by atoms with van der Waals surface area (Å²) in [6.45, 7) is 5.48. The number of hydrogen-bond acceptors (Lipinski definition) is 4. The fraction of sp³-hybridized carbons (Fsp3) is 0.882. The van der Waals surface area contributed by atoms with E-state index in [0.717, 1.165) is 36.5 Å². The summed E-state index contributed by atoms with van der Waals surface area (Å²) in [6.07, 6.45) is 10.0. The van der Waals surface area contributed by atoms with Gasteiger partial charge in [0.1, 0.15) is 0 Å². The lowest BCUT2D eigenvalue weighted by atomic mass is 9.80. The van der Waals surface area contributed by atoms with Crippen LogP contribution in [-0.2, 0) is 6.42 Å². The molecule has 1 heterocycles. The molecule has 4 nitrogen and oxygen atoms in total. The monoisotopic (exact) mass is 291 g/mol. The van der Waals surface area contributed by atoms with Crippen LogP contribution in [0.4, 0.5) is 0 Å². The SMILES string of the molecule is CCNC(Cc1nc(C2CCCC(CC)C2)no1)C1CC1. The zero-order valence-electron chi connectivity index (χ0n) is 13.5. The predicted molar refractivity (Wildman–Crippen MR) is 83.2 cm³/mol. The predicted octanol–water partition coefficient (Wildman–Crippen LogP) is 3.68. The van der Waals surface area contributed by atoms with E-state index in [1.165, 1.54) is 44.9 Å². The van der Waals surface area contributed by atoms with Gasteiger partial charge in [-0.3, -0.25) is 0 Å². The van der Waals surface area contributed by atoms with Crippen molar-refractivity contribution in [1.29, 1.82) is 0 Å². The van der Waals surface area contributed by atoms with Gasteiger partial charge in [0.15, 0.2) is 5.82 Å². The van der Waals surface area contributed by atoms with Crippen LogP contribution in [-0.4, -0.2) is 22.7 Å². The zero-order chi connectivity index (χ0) is 14.7. The number of hydrogen-bond donors (Lipinski definition) is 1. The molecule has 0 saturated heterocycles. The van der Waals surface area contributed by atoms with Gasteiger partial charge in [0.2, 0.25) is 5.89 Å². The third-order valence-electron chi connectivity index (χ3n) is 5.26. The molecule has 2 aliphatic rings. The summed E-state index contributed by atoms with van der Waals surface area (Å²) in [5, 5.41) is 7.86. The van der Waals surface area contributed by atoms with Crippen LogP contribution in [0.3, 0.4) is 0 Å². The molecule has 1 aromatic rings. The summed E-state index contributed by atoms with van der Waals surface area (Å²) in [6, 6.07) is 0.526. The van der Waals surface area contributed by atoms with Crippen LogP contribution in [0.1, 0.15) is 76.4 Å². The average molecular weight is 291 g/mol. The highest BCUT2D eigenvalue weighted by Gasteiger charge is 2.32. The average Bonchev–Trinajstić information content (AvgIpc) is 3.26. The second-order valence-corrected chi connectivity index (χ2v) is 6.89. The van der Waals surface area contributed by atoms with E-state index < -0.39 is 0 Å². The minimum Gasteiger partial charge on any atom is -0.339 e. The van der Waals surface area contributed by atoms with E-state index in [1.54, 1.807) is 0 Å². The summed E-state index contributed by atoms with van der Waals surface area (Å²) in [4.78, 5) is 4.72. The summed E-state index contributed by atoms with van der Waals surface area (Å²) < 4.78 is 5.54. The molecule has 3 atom stereocenters. The molecule has 2 aliphatic carbocycles. The summed E-state index contributed by atoms with van der Waals surface area (Å²) in [5.41, 5.74) is 0. The zero-order valence-corrected chi connectivity index (χ0v) is 13.5. The molecule has 3 rings (SSSR count). The van der Waals surface area contributed by atoms with Gasteiger partial charge in [0, 0.05) is 18.4 Å². The summed E-state index contributed by atoms with van der Waals surface area (Å²) >= 11 is 0. The maximum Gasteiger partial charge on any atom is 0.228 e. The Morgan fingerprint density at radius 1 is 1.24 bits per heavy atom. The molecule has 0 aliphatic heterocycles. The lowest BCUT2D eigenvalue weighted by molar-refractivity contribution is 0.296. The Morgan fingerprint density at radius 3 is 2.81 bits per heavy atom. The first-order chi connectivity index (χ1) is 10.3. The molecule has 1 N–H and O–H groups in total. The van der Waals surface area contributed by atoms with E-state index in [2.05, 4.69) is 24.3 Å². The van der Waals surface area contributed by atoms with Gasteiger partial charge in [0.05, 0.1) is 0 Å². The highest BCUT2D eigenvalue weighted by Crippen LogP contribution is 2.37. The van der Waals surface area contributed by atoms with Crippen LogP contribution in [0.25, 0.3) is 0 Å². The number of aromatic nitrogens is 2. The molecular weight excluding hydrogens is 262 g/mol. The van der Waals surface area contributed by atoms with Crippen molar-refractivity contribution in [2.75, 3.05) is 6.54 Å². The van der Waals surface area contributed by atoms with Gasteiger partial charge in [-0.15, -0.1) is 0 Å². The third kappa shape index (κ3) is 3.85. The molecular formula is C17H29N3O. The third-order valence-corrected chi connectivity index (χ3v) is 5.26. The Kier molecular flexibility index (Phi) is 4.94. The maximum absolute atomic E-state index is 5.54. The van der Waals surface area contributed by atoms with Crippen LogP contribution in [0.5, 0.6) is 0 Å².